The first-order valence-electron chi connectivity index (χ1n) is 12.9. The number of ether oxygens (including phenoxy) is 2. The monoisotopic (exact) mass is 565 g/mol. The molecule has 1 aliphatic heterocycles. The lowest BCUT2D eigenvalue weighted by Crippen LogP contribution is -2.37. The minimum absolute atomic E-state index is 0.0846. The molecular formula is C29H31N3O5S2. The molecule has 1 aromatic heterocycles. The van der Waals surface area contributed by atoms with Crippen LogP contribution in [-0.2, 0) is 21.3 Å². The maximum Gasteiger partial charge on any atom is 0.260 e. The second-order valence-electron chi connectivity index (χ2n) is 9.30. The van der Waals surface area contributed by atoms with Crippen LogP contribution in [0, 0.1) is 0 Å². The minimum Gasteiger partial charge on any atom is -0.494 e. The zero-order chi connectivity index (χ0) is 27.4. The molecular weight excluding hydrogens is 534 g/mol. The van der Waals surface area contributed by atoms with E-state index in [-0.39, 0.29) is 23.5 Å². The van der Waals surface area contributed by atoms with Gasteiger partial charge in [0.05, 0.1) is 29.4 Å². The van der Waals surface area contributed by atoms with Gasteiger partial charge < -0.3 is 9.47 Å². The number of methoxy groups -OCH3 is 1. The molecule has 0 aliphatic carbocycles. The zero-order valence-electron chi connectivity index (χ0n) is 21.9. The summed E-state index contributed by atoms with van der Waals surface area (Å²) in [6.07, 6.45) is 1.73. The van der Waals surface area contributed by atoms with Crippen LogP contribution < -0.4 is 9.64 Å². The van der Waals surface area contributed by atoms with Gasteiger partial charge in [-0.25, -0.2) is 13.4 Å². The normalized spacial score (nSPS) is 15.6. The number of rotatable bonds is 10. The van der Waals surface area contributed by atoms with Gasteiger partial charge >= 0.3 is 0 Å². The molecule has 204 valence electrons. The number of nitrogens with zero attached hydrogens (tertiary/aromatic N) is 3. The van der Waals surface area contributed by atoms with Crippen molar-refractivity contribution >= 4 is 42.6 Å². The summed E-state index contributed by atoms with van der Waals surface area (Å²) in [5.41, 5.74) is 1.99. The van der Waals surface area contributed by atoms with Crippen LogP contribution in [0.25, 0.3) is 10.2 Å². The van der Waals surface area contributed by atoms with Gasteiger partial charge in [0.1, 0.15) is 11.3 Å². The van der Waals surface area contributed by atoms with E-state index in [9.17, 15) is 13.2 Å². The van der Waals surface area contributed by atoms with E-state index in [1.54, 1.807) is 24.1 Å². The van der Waals surface area contributed by atoms with Gasteiger partial charge in [-0.3, -0.25) is 9.69 Å². The molecule has 4 aromatic rings. The molecule has 0 spiro atoms. The van der Waals surface area contributed by atoms with Crippen LogP contribution >= 0.6 is 11.3 Å². The summed E-state index contributed by atoms with van der Waals surface area (Å²) in [6.45, 7) is 3.45. The number of carbonyl (C=O) groups excluding carboxylic acids is 1. The highest BCUT2D eigenvalue weighted by atomic mass is 32.2. The third kappa shape index (κ3) is 5.84. The van der Waals surface area contributed by atoms with Crippen molar-refractivity contribution < 1.29 is 22.7 Å². The molecule has 39 heavy (non-hydrogen) atoms. The second-order valence-corrected chi connectivity index (χ2v) is 12.2. The van der Waals surface area contributed by atoms with E-state index in [4.69, 9.17) is 14.5 Å². The Bertz CT molecular complexity index is 1530. The van der Waals surface area contributed by atoms with Gasteiger partial charge in [0.25, 0.3) is 5.91 Å². The summed E-state index contributed by atoms with van der Waals surface area (Å²) in [4.78, 5) is 20.3. The van der Waals surface area contributed by atoms with E-state index in [1.165, 1.54) is 27.8 Å². The molecule has 1 unspecified atom stereocenters. The smallest absolute Gasteiger partial charge is 0.260 e. The Morgan fingerprint density at radius 2 is 1.85 bits per heavy atom. The number of carbonyl (C=O) groups is 1. The van der Waals surface area contributed by atoms with Crippen LogP contribution in [0.3, 0.4) is 0 Å². The predicted molar refractivity (Wildman–Crippen MR) is 153 cm³/mol. The number of thiazole rings is 1. The van der Waals surface area contributed by atoms with Crippen molar-refractivity contribution in [3.05, 3.63) is 83.9 Å². The number of aromatic nitrogens is 1. The fraction of sp³-hybridized carbons (Fsp3) is 0.310. The first-order valence-corrected chi connectivity index (χ1v) is 15.2. The summed E-state index contributed by atoms with van der Waals surface area (Å²) in [6, 6.07) is 21.3. The van der Waals surface area contributed by atoms with Gasteiger partial charge in [0.2, 0.25) is 10.0 Å². The van der Waals surface area contributed by atoms with Crippen molar-refractivity contribution in [1.29, 1.82) is 0 Å². The van der Waals surface area contributed by atoms with E-state index in [0.717, 1.165) is 23.1 Å². The molecule has 1 atom stereocenters. The summed E-state index contributed by atoms with van der Waals surface area (Å²) >= 11 is 1.41. The largest absolute Gasteiger partial charge is 0.494 e. The van der Waals surface area contributed by atoms with E-state index < -0.39 is 10.0 Å². The number of para-hydroxylation sites is 1. The van der Waals surface area contributed by atoms with Crippen molar-refractivity contribution in [2.75, 3.05) is 31.7 Å². The molecule has 0 bridgehead atoms. The van der Waals surface area contributed by atoms with Gasteiger partial charge in [-0.2, -0.15) is 4.31 Å². The van der Waals surface area contributed by atoms with Gasteiger partial charge in [0, 0.05) is 25.3 Å². The van der Waals surface area contributed by atoms with Crippen molar-refractivity contribution in [1.82, 2.24) is 9.29 Å². The standard InChI is InChI=1S/C29H31N3O5S2/c1-3-31(19-21-9-5-4-6-10-21)39(34,35)24-16-14-22(15-17-24)28(33)32(20-23-11-8-18-37-23)29-30-27-25(36-2)12-7-13-26(27)38-29/h4-7,9-10,12-17,23H,3,8,11,18-20H2,1-2H3. The van der Waals surface area contributed by atoms with E-state index >= 15 is 0 Å². The topological polar surface area (TPSA) is 89.0 Å². The number of amides is 1. The van der Waals surface area contributed by atoms with Crippen LogP contribution in [0.5, 0.6) is 5.75 Å². The summed E-state index contributed by atoms with van der Waals surface area (Å²) < 4.78 is 40.4. The highest BCUT2D eigenvalue weighted by molar-refractivity contribution is 7.89. The number of hydrogen-bond acceptors (Lipinski definition) is 7. The molecule has 1 amide bonds. The maximum atomic E-state index is 13.8. The lowest BCUT2D eigenvalue weighted by molar-refractivity contribution is 0.0917. The predicted octanol–water partition coefficient (Wildman–Crippen LogP) is 5.34. The summed E-state index contributed by atoms with van der Waals surface area (Å²) in [7, 11) is -2.15. The molecule has 3 aromatic carbocycles. The van der Waals surface area contributed by atoms with Crippen LogP contribution in [0.1, 0.15) is 35.7 Å². The average molecular weight is 566 g/mol. The highest BCUT2D eigenvalue weighted by Gasteiger charge is 2.29. The first kappa shape index (κ1) is 27.3. The lowest BCUT2D eigenvalue weighted by Gasteiger charge is -2.23. The fourth-order valence-corrected chi connectivity index (χ4v) is 7.09. The number of hydrogen-bond donors (Lipinski definition) is 0. The van der Waals surface area contributed by atoms with Crippen LogP contribution in [0.15, 0.2) is 77.7 Å². The number of benzene rings is 3. The van der Waals surface area contributed by atoms with Crippen molar-refractivity contribution in [2.45, 2.75) is 37.3 Å². The van der Waals surface area contributed by atoms with Gasteiger partial charge in [0.15, 0.2) is 5.13 Å². The Kier molecular flexibility index (Phi) is 8.27. The van der Waals surface area contributed by atoms with Gasteiger partial charge in [-0.05, 0) is 54.8 Å². The molecule has 1 aliphatic rings. The maximum absolute atomic E-state index is 13.8. The molecule has 5 rings (SSSR count). The second kappa shape index (κ2) is 11.8. The summed E-state index contributed by atoms with van der Waals surface area (Å²) in [5, 5.41) is 0.548. The molecule has 0 N–H and O–H groups in total. The third-order valence-electron chi connectivity index (χ3n) is 6.77. The van der Waals surface area contributed by atoms with E-state index in [0.29, 0.717) is 41.7 Å². The Morgan fingerprint density at radius 3 is 2.51 bits per heavy atom. The third-order valence-corrected chi connectivity index (χ3v) is 9.75. The van der Waals surface area contributed by atoms with E-state index in [2.05, 4.69) is 0 Å². The van der Waals surface area contributed by atoms with Crippen molar-refractivity contribution in [3.8, 4) is 5.75 Å². The first-order chi connectivity index (χ1) is 18.9. The molecule has 8 nitrogen and oxygen atoms in total. The van der Waals surface area contributed by atoms with Crippen LogP contribution in [0.2, 0.25) is 0 Å². The quantitative estimate of drug-likeness (QED) is 0.258. The molecule has 0 radical (unpaired) electrons. The highest BCUT2D eigenvalue weighted by Crippen LogP contribution is 2.35. The minimum atomic E-state index is -3.74. The summed E-state index contributed by atoms with van der Waals surface area (Å²) in [5.74, 6) is 0.383. The molecule has 0 saturated carbocycles. The fourth-order valence-electron chi connectivity index (χ4n) is 4.66. The molecule has 10 heteroatoms. The molecule has 1 saturated heterocycles. The average Bonchev–Trinajstić information content (AvgIpc) is 3.64. The Hall–Kier alpha value is -3.31. The van der Waals surface area contributed by atoms with Gasteiger partial charge in [-0.1, -0.05) is 54.7 Å². The number of fused-ring (bicyclic) bond motifs is 1. The van der Waals surface area contributed by atoms with Crippen LogP contribution in [0.4, 0.5) is 5.13 Å². The van der Waals surface area contributed by atoms with Crippen molar-refractivity contribution in [2.24, 2.45) is 0 Å². The Morgan fingerprint density at radius 1 is 1.08 bits per heavy atom. The van der Waals surface area contributed by atoms with Gasteiger partial charge in [-0.15, -0.1) is 0 Å². The van der Waals surface area contributed by atoms with Crippen molar-refractivity contribution in [3.63, 3.8) is 0 Å². The zero-order valence-corrected chi connectivity index (χ0v) is 23.6. The lowest BCUT2D eigenvalue weighted by atomic mass is 10.2. The Balaban J connectivity index is 1.42. The van der Waals surface area contributed by atoms with Crippen LogP contribution in [-0.4, -0.2) is 56.5 Å². The SMILES string of the molecule is CCN(Cc1ccccc1)S(=O)(=O)c1ccc(C(=O)N(CC2CCCO2)c2nc3c(OC)cccc3s2)cc1. The number of anilines is 1. The Labute approximate surface area is 232 Å². The van der Waals surface area contributed by atoms with E-state index in [1.807, 2.05) is 55.5 Å². The molecule has 2 heterocycles. The number of sulfonamides is 1. The molecule has 1 fully saturated rings.